The third-order valence-electron chi connectivity index (χ3n) is 4.40. The van der Waals surface area contributed by atoms with Gasteiger partial charge in [-0.15, -0.1) is 0 Å². The molecule has 144 valence electrons. The molecule has 0 unspecified atom stereocenters. The summed E-state index contributed by atoms with van der Waals surface area (Å²) in [7, 11) is 1.64. The fraction of sp³-hybridized carbons (Fsp3) is 0.0909. The predicted molar refractivity (Wildman–Crippen MR) is 111 cm³/mol. The van der Waals surface area contributed by atoms with Crippen molar-refractivity contribution < 1.29 is 14.1 Å². The summed E-state index contributed by atoms with van der Waals surface area (Å²) in [6, 6.07) is 13.2. The minimum absolute atomic E-state index is 0.281. The summed E-state index contributed by atoms with van der Waals surface area (Å²) in [4.78, 5) is 21.3. The zero-order chi connectivity index (χ0) is 20.2. The minimum atomic E-state index is -0.281. The molecule has 0 bridgehead atoms. The van der Waals surface area contributed by atoms with Crippen molar-refractivity contribution in [1.82, 2.24) is 15.1 Å². The van der Waals surface area contributed by atoms with Gasteiger partial charge in [0.25, 0.3) is 5.91 Å². The van der Waals surface area contributed by atoms with Crippen LogP contribution in [0.3, 0.4) is 0 Å². The molecule has 0 aliphatic carbocycles. The van der Waals surface area contributed by atoms with E-state index in [1.54, 1.807) is 26.3 Å². The van der Waals surface area contributed by atoms with Crippen molar-refractivity contribution in [3.05, 3.63) is 77.6 Å². The van der Waals surface area contributed by atoms with Crippen LogP contribution < -0.4 is 10.1 Å². The van der Waals surface area contributed by atoms with Crippen LogP contribution in [0.15, 0.2) is 59.4 Å². The van der Waals surface area contributed by atoms with E-state index in [0.29, 0.717) is 22.8 Å². The van der Waals surface area contributed by atoms with Crippen LogP contribution in [0, 0.1) is 6.92 Å². The molecule has 2 aromatic carbocycles. The molecule has 7 heteroatoms. The second-order valence-corrected chi connectivity index (χ2v) is 6.36. The van der Waals surface area contributed by atoms with Gasteiger partial charge in [-0.25, -0.2) is 9.97 Å². The van der Waals surface area contributed by atoms with E-state index in [4.69, 9.17) is 9.26 Å². The fourth-order valence-corrected chi connectivity index (χ4v) is 2.80. The summed E-state index contributed by atoms with van der Waals surface area (Å²) in [5.41, 5.74) is 2.77. The second-order valence-electron chi connectivity index (χ2n) is 6.36. The molecule has 2 heterocycles. The molecule has 1 amide bonds. The Bertz CT molecular complexity index is 1200. The van der Waals surface area contributed by atoms with Gasteiger partial charge < -0.3 is 14.6 Å². The highest BCUT2D eigenvalue weighted by Crippen LogP contribution is 2.19. The number of nitrogens with one attached hydrogen (secondary N) is 1. The maximum absolute atomic E-state index is 12.3. The maximum Gasteiger partial charge on any atom is 0.260 e. The number of hydrogen-bond acceptors (Lipinski definition) is 6. The number of aromatic nitrogens is 3. The Morgan fingerprint density at radius 2 is 1.93 bits per heavy atom. The number of benzene rings is 2. The Hall–Kier alpha value is -4.00. The summed E-state index contributed by atoms with van der Waals surface area (Å²) in [6.07, 6.45) is 6.93. The summed E-state index contributed by atoms with van der Waals surface area (Å²) >= 11 is 0. The number of methoxy groups -OCH3 is 1. The van der Waals surface area contributed by atoms with E-state index in [1.165, 1.54) is 6.20 Å². The van der Waals surface area contributed by atoms with Gasteiger partial charge in [0.15, 0.2) is 5.82 Å². The van der Waals surface area contributed by atoms with Gasteiger partial charge in [-0.3, -0.25) is 4.79 Å². The first-order valence-corrected chi connectivity index (χ1v) is 8.94. The average Bonchev–Trinajstić information content (AvgIpc) is 3.18. The average molecular weight is 386 g/mol. The first kappa shape index (κ1) is 18.4. The fourth-order valence-electron chi connectivity index (χ4n) is 2.80. The Morgan fingerprint density at radius 3 is 2.66 bits per heavy atom. The molecule has 2 aromatic heterocycles. The zero-order valence-electron chi connectivity index (χ0n) is 15.9. The van der Waals surface area contributed by atoms with Gasteiger partial charge in [0, 0.05) is 17.3 Å². The van der Waals surface area contributed by atoms with Crippen LogP contribution in [-0.4, -0.2) is 28.1 Å². The van der Waals surface area contributed by atoms with E-state index in [-0.39, 0.29) is 5.91 Å². The third-order valence-corrected chi connectivity index (χ3v) is 4.40. The van der Waals surface area contributed by atoms with Crippen LogP contribution in [0.5, 0.6) is 5.75 Å². The van der Waals surface area contributed by atoms with Gasteiger partial charge in [0.1, 0.15) is 17.1 Å². The molecule has 29 heavy (non-hydrogen) atoms. The van der Waals surface area contributed by atoms with E-state index >= 15 is 0 Å². The molecule has 0 saturated heterocycles. The van der Waals surface area contributed by atoms with Gasteiger partial charge >= 0.3 is 0 Å². The van der Waals surface area contributed by atoms with E-state index < -0.39 is 0 Å². The van der Waals surface area contributed by atoms with Crippen molar-refractivity contribution in [2.24, 2.45) is 0 Å². The number of carbonyl (C=O) groups excluding carboxylic acids is 1. The highest BCUT2D eigenvalue weighted by Gasteiger charge is 2.13. The van der Waals surface area contributed by atoms with Crippen LogP contribution in [0.25, 0.3) is 23.1 Å². The van der Waals surface area contributed by atoms with Crippen molar-refractivity contribution in [3.8, 4) is 5.75 Å². The molecule has 4 aromatic rings. The number of ether oxygens (including phenoxy) is 1. The van der Waals surface area contributed by atoms with Crippen LogP contribution in [0.4, 0.5) is 5.69 Å². The SMILES string of the molecule is COc1ccc(C=Cc2ncc3ccc(NC(=O)c4cnoc4C)cc3n2)cc1. The molecule has 0 aliphatic rings. The van der Waals surface area contributed by atoms with Crippen LogP contribution in [0.1, 0.15) is 27.5 Å². The van der Waals surface area contributed by atoms with E-state index in [9.17, 15) is 4.79 Å². The Kier molecular flexibility index (Phi) is 5.03. The van der Waals surface area contributed by atoms with Gasteiger partial charge in [-0.05, 0) is 48.9 Å². The zero-order valence-corrected chi connectivity index (χ0v) is 15.9. The van der Waals surface area contributed by atoms with Crippen molar-refractivity contribution >= 4 is 34.6 Å². The number of amides is 1. The van der Waals surface area contributed by atoms with E-state index in [0.717, 1.165) is 22.2 Å². The number of aryl methyl sites for hydroxylation is 1. The summed E-state index contributed by atoms with van der Waals surface area (Å²) in [5, 5.41) is 7.35. The number of fused-ring (bicyclic) bond motifs is 1. The van der Waals surface area contributed by atoms with Crippen molar-refractivity contribution in [1.29, 1.82) is 0 Å². The first-order chi connectivity index (χ1) is 14.1. The first-order valence-electron chi connectivity index (χ1n) is 8.94. The molecule has 0 aliphatic heterocycles. The smallest absolute Gasteiger partial charge is 0.260 e. The molecule has 1 N–H and O–H groups in total. The number of nitrogens with zero attached hydrogens (tertiary/aromatic N) is 3. The summed E-state index contributed by atoms with van der Waals surface area (Å²) in [5.74, 6) is 1.57. The molecule has 4 rings (SSSR count). The normalized spacial score (nSPS) is 11.1. The highest BCUT2D eigenvalue weighted by atomic mass is 16.5. The summed E-state index contributed by atoms with van der Waals surface area (Å²) < 4.78 is 10.1. The lowest BCUT2D eigenvalue weighted by atomic mass is 10.2. The van der Waals surface area contributed by atoms with E-state index in [1.807, 2.05) is 48.6 Å². The Labute approximate surface area is 167 Å². The Morgan fingerprint density at radius 1 is 1.10 bits per heavy atom. The number of carbonyl (C=O) groups is 1. The molecule has 0 atom stereocenters. The van der Waals surface area contributed by atoms with Gasteiger partial charge in [0.2, 0.25) is 0 Å². The highest BCUT2D eigenvalue weighted by molar-refractivity contribution is 6.05. The van der Waals surface area contributed by atoms with Crippen molar-refractivity contribution in [3.63, 3.8) is 0 Å². The molecular weight excluding hydrogens is 368 g/mol. The largest absolute Gasteiger partial charge is 0.497 e. The van der Waals surface area contributed by atoms with Gasteiger partial charge in [-0.2, -0.15) is 0 Å². The third kappa shape index (κ3) is 4.14. The molecule has 0 radical (unpaired) electrons. The van der Waals surface area contributed by atoms with E-state index in [2.05, 4.69) is 20.4 Å². The number of hydrogen-bond donors (Lipinski definition) is 1. The molecule has 0 spiro atoms. The summed E-state index contributed by atoms with van der Waals surface area (Å²) in [6.45, 7) is 1.69. The van der Waals surface area contributed by atoms with Crippen LogP contribution >= 0.6 is 0 Å². The predicted octanol–water partition coefficient (Wildman–Crippen LogP) is 4.36. The Balaban J connectivity index is 1.55. The quantitative estimate of drug-likeness (QED) is 0.548. The lowest BCUT2D eigenvalue weighted by Gasteiger charge is -2.05. The monoisotopic (exact) mass is 386 g/mol. The maximum atomic E-state index is 12.3. The molecule has 7 nitrogen and oxygen atoms in total. The molecular formula is C22H18N4O3. The number of rotatable bonds is 5. The van der Waals surface area contributed by atoms with Gasteiger partial charge in [-0.1, -0.05) is 23.4 Å². The molecule has 0 saturated carbocycles. The topological polar surface area (TPSA) is 90.1 Å². The second kappa shape index (κ2) is 7.93. The standard InChI is InChI=1S/C22H18N4O3/c1-14-19(13-24-29-14)22(27)25-17-7-6-16-12-23-21(26-20(16)11-17)10-5-15-3-8-18(28-2)9-4-15/h3-13H,1-2H3,(H,25,27). The number of anilines is 1. The van der Waals surface area contributed by atoms with Crippen molar-refractivity contribution in [2.75, 3.05) is 12.4 Å². The van der Waals surface area contributed by atoms with Crippen LogP contribution in [-0.2, 0) is 0 Å². The molecule has 0 fully saturated rings. The minimum Gasteiger partial charge on any atom is -0.497 e. The van der Waals surface area contributed by atoms with Crippen molar-refractivity contribution in [2.45, 2.75) is 6.92 Å². The van der Waals surface area contributed by atoms with Crippen LogP contribution in [0.2, 0.25) is 0 Å². The van der Waals surface area contributed by atoms with Gasteiger partial charge in [0.05, 0.1) is 18.8 Å². The lowest BCUT2D eigenvalue weighted by molar-refractivity contribution is 0.102. The lowest BCUT2D eigenvalue weighted by Crippen LogP contribution is -2.12.